The summed E-state index contributed by atoms with van der Waals surface area (Å²) in [6.45, 7) is 4.23. The molecule has 33 heavy (non-hydrogen) atoms. The largest absolute Gasteiger partial charge is 0.495 e. The zero-order chi connectivity index (χ0) is 23.4. The van der Waals surface area contributed by atoms with Gasteiger partial charge in [0.05, 0.1) is 24.2 Å². The van der Waals surface area contributed by atoms with Gasteiger partial charge in [-0.2, -0.15) is 5.10 Å². The van der Waals surface area contributed by atoms with Gasteiger partial charge in [0.25, 0.3) is 0 Å². The highest BCUT2D eigenvalue weighted by molar-refractivity contribution is 5.88. The number of aliphatic hydroxyl groups is 1. The second-order valence-corrected chi connectivity index (χ2v) is 7.38. The molecule has 2 aromatic heterocycles. The van der Waals surface area contributed by atoms with E-state index >= 15 is 0 Å². The minimum Gasteiger partial charge on any atom is -0.495 e. The van der Waals surface area contributed by atoms with E-state index in [4.69, 9.17) is 15.6 Å². The summed E-state index contributed by atoms with van der Waals surface area (Å²) in [5.74, 6) is 1.06. The normalized spacial score (nSPS) is 11.8. The number of ether oxygens (including phenoxy) is 1. The van der Waals surface area contributed by atoms with Crippen LogP contribution in [-0.2, 0) is 6.42 Å². The molecular weight excluding hydrogens is 418 g/mol. The molecule has 0 saturated carbocycles. The molecule has 0 fully saturated rings. The number of hydrogen-bond acceptors (Lipinski definition) is 8. The van der Waals surface area contributed by atoms with E-state index in [-0.39, 0.29) is 0 Å². The smallest absolute Gasteiger partial charge is 0.153 e. The van der Waals surface area contributed by atoms with Crippen molar-refractivity contribution in [1.82, 2.24) is 19.7 Å². The van der Waals surface area contributed by atoms with Crippen molar-refractivity contribution in [2.45, 2.75) is 12.6 Å². The first-order valence-electron chi connectivity index (χ1n) is 10.5. The summed E-state index contributed by atoms with van der Waals surface area (Å²) in [6, 6.07) is 15.4. The number of fused-ring (bicyclic) bond motifs is 1. The van der Waals surface area contributed by atoms with Crippen molar-refractivity contribution in [3.05, 3.63) is 73.2 Å². The van der Waals surface area contributed by atoms with Crippen LogP contribution < -0.4 is 20.7 Å². The van der Waals surface area contributed by atoms with E-state index in [9.17, 15) is 5.11 Å². The number of benzene rings is 2. The van der Waals surface area contributed by atoms with Gasteiger partial charge in [0.15, 0.2) is 5.82 Å². The molecule has 4 N–H and O–H groups in total. The summed E-state index contributed by atoms with van der Waals surface area (Å²) in [4.78, 5) is 10.5. The molecule has 0 aliphatic rings. The molecule has 0 amide bonds. The fourth-order valence-electron chi connectivity index (χ4n) is 3.80. The molecule has 1 unspecified atom stereocenters. The van der Waals surface area contributed by atoms with E-state index in [1.54, 1.807) is 11.8 Å². The maximum absolute atomic E-state index is 10.5. The second kappa shape index (κ2) is 9.58. The van der Waals surface area contributed by atoms with Gasteiger partial charge in [-0.1, -0.05) is 24.8 Å². The zero-order valence-corrected chi connectivity index (χ0v) is 18.6. The lowest BCUT2D eigenvalue weighted by Gasteiger charge is -2.27. The molecule has 2 aromatic carbocycles. The number of rotatable bonds is 9. The Hall–Kier alpha value is -4.11. The average molecular weight is 446 g/mol. The number of para-hydroxylation sites is 1. The van der Waals surface area contributed by atoms with Crippen LogP contribution in [0.5, 0.6) is 5.75 Å². The quantitative estimate of drug-likeness (QED) is 0.266. The van der Waals surface area contributed by atoms with Crippen LogP contribution in [0.25, 0.3) is 16.7 Å². The Kier molecular flexibility index (Phi) is 6.41. The van der Waals surface area contributed by atoms with Crippen molar-refractivity contribution in [3.63, 3.8) is 0 Å². The number of methoxy groups -OCH3 is 1. The van der Waals surface area contributed by atoms with Crippen LogP contribution >= 0.6 is 0 Å². The summed E-state index contributed by atoms with van der Waals surface area (Å²) in [5.41, 5.74) is 10.8. The van der Waals surface area contributed by atoms with Crippen molar-refractivity contribution in [2.75, 3.05) is 36.7 Å². The molecule has 9 heteroatoms. The molecule has 0 radical (unpaired) electrons. The topological polar surface area (TPSA) is 114 Å². The molecule has 0 aliphatic heterocycles. The predicted molar refractivity (Wildman–Crippen MR) is 131 cm³/mol. The van der Waals surface area contributed by atoms with E-state index in [2.05, 4.69) is 21.9 Å². The van der Waals surface area contributed by atoms with Gasteiger partial charge in [0.2, 0.25) is 0 Å². The third-order valence-corrected chi connectivity index (χ3v) is 5.46. The van der Waals surface area contributed by atoms with Crippen LogP contribution in [0.4, 0.5) is 17.2 Å². The van der Waals surface area contributed by atoms with Gasteiger partial charge in [-0.05, 0) is 36.4 Å². The van der Waals surface area contributed by atoms with Crippen molar-refractivity contribution in [2.24, 2.45) is 0 Å². The highest BCUT2D eigenvalue weighted by Gasteiger charge is 2.20. The Bertz CT molecular complexity index is 1260. The molecule has 2 heterocycles. The van der Waals surface area contributed by atoms with E-state index in [0.717, 1.165) is 28.5 Å². The maximum Gasteiger partial charge on any atom is 0.153 e. The zero-order valence-electron chi connectivity index (χ0n) is 18.6. The Morgan fingerprint density at radius 2 is 2.03 bits per heavy atom. The van der Waals surface area contributed by atoms with Gasteiger partial charge in [0, 0.05) is 25.7 Å². The SMILES string of the molecule is C=CC(O)N(CCc1nn(-c2ccc(OC)c(NC)c2)c2c(N)ncnc12)c1ccccc1. The van der Waals surface area contributed by atoms with E-state index < -0.39 is 6.23 Å². The van der Waals surface area contributed by atoms with Crippen LogP contribution in [0, 0.1) is 0 Å². The van der Waals surface area contributed by atoms with E-state index in [1.807, 2.05) is 60.5 Å². The second-order valence-electron chi connectivity index (χ2n) is 7.38. The number of nitrogen functional groups attached to an aromatic ring is 1. The standard InChI is InChI=1S/C24H27N7O2/c1-4-21(32)30(16-8-6-5-7-9-16)13-12-18-22-23(24(25)28-15-27-22)31(29-18)17-10-11-20(33-3)19(14-17)26-2/h4-11,14-15,21,26,32H,1,12-13H2,2-3H3,(H2,25,27,28). The first-order chi connectivity index (χ1) is 16.1. The van der Waals surface area contributed by atoms with Crippen LogP contribution in [-0.4, -0.2) is 51.8 Å². The lowest BCUT2D eigenvalue weighted by Crippen LogP contribution is -2.35. The third-order valence-electron chi connectivity index (χ3n) is 5.46. The number of hydrogen-bond donors (Lipinski definition) is 3. The van der Waals surface area contributed by atoms with Crippen LogP contribution in [0.1, 0.15) is 5.69 Å². The van der Waals surface area contributed by atoms with Gasteiger partial charge in [0.1, 0.15) is 29.3 Å². The van der Waals surface area contributed by atoms with Gasteiger partial charge in [-0.25, -0.2) is 14.6 Å². The molecule has 4 aromatic rings. The fourth-order valence-corrected chi connectivity index (χ4v) is 3.80. The Morgan fingerprint density at radius 3 is 2.73 bits per heavy atom. The number of anilines is 3. The predicted octanol–water partition coefficient (Wildman–Crippen LogP) is 3.00. The number of aromatic nitrogens is 4. The Balaban J connectivity index is 1.74. The summed E-state index contributed by atoms with van der Waals surface area (Å²) in [5, 5.41) is 18.5. The lowest BCUT2D eigenvalue weighted by molar-refractivity contribution is 0.217. The summed E-state index contributed by atoms with van der Waals surface area (Å²) < 4.78 is 7.15. The monoisotopic (exact) mass is 445 g/mol. The first kappa shape index (κ1) is 22.1. The van der Waals surface area contributed by atoms with Crippen LogP contribution in [0.3, 0.4) is 0 Å². The van der Waals surface area contributed by atoms with Gasteiger partial charge in [-0.15, -0.1) is 0 Å². The van der Waals surface area contributed by atoms with Crippen molar-refractivity contribution >= 4 is 28.2 Å². The average Bonchev–Trinajstić information content (AvgIpc) is 3.24. The third kappa shape index (κ3) is 4.31. The minimum absolute atomic E-state index is 0.339. The van der Waals surface area contributed by atoms with Crippen LogP contribution in [0.2, 0.25) is 0 Å². The minimum atomic E-state index is -0.833. The highest BCUT2D eigenvalue weighted by atomic mass is 16.5. The van der Waals surface area contributed by atoms with E-state index in [0.29, 0.717) is 29.8 Å². The highest BCUT2D eigenvalue weighted by Crippen LogP contribution is 2.30. The molecule has 1 atom stereocenters. The molecule has 170 valence electrons. The Labute approximate surface area is 192 Å². The lowest BCUT2D eigenvalue weighted by atomic mass is 10.2. The fraction of sp³-hybridized carbons (Fsp3) is 0.208. The summed E-state index contributed by atoms with van der Waals surface area (Å²) in [6.07, 6.45) is 2.63. The van der Waals surface area contributed by atoms with Crippen LogP contribution in [0.15, 0.2) is 67.5 Å². The first-order valence-corrected chi connectivity index (χ1v) is 10.5. The van der Waals surface area contributed by atoms with Crippen molar-refractivity contribution in [1.29, 1.82) is 0 Å². The summed E-state index contributed by atoms with van der Waals surface area (Å²) in [7, 11) is 3.45. The molecule has 0 bridgehead atoms. The summed E-state index contributed by atoms with van der Waals surface area (Å²) >= 11 is 0. The molecule has 0 spiro atoms. The van der Waals surface area contributed by atoms with Crippen molar-refractivity contribution < 1.29 is 9.84 Å². The van der Waals surface area contributed by atoms with Gasteiger partial charge < -0.3 is 25.8 Å². The molecule has 0 aliphatic carbocycles. The number of nitrogens with two attached hydrogens (primary N) is 1. The van der Waals surface area contributed by atoms with E-state index in [1.165, 1.54) is 12.4 Å². The molecule has 0 saturated heterocycles. The maximum atomic E-state index is 10.5. The number of nitrogens with zero attached hydrogens (tertiary/aromatic N) is 5. The number of aliphatic hydroxyl groups excluding tert-OH is 1. The Morgan fingerprint density at radius 1 is 1.24 bits per heavy atom. The van der Waals surface area contributed by atoms with Gasteiger partial charge in [-0.3, -0.25) is 0 Å². The van der Waals surface area contributed by atoms with Crippen molar-refractivity contribution in [3.8, 4) is 11.4 Å². The molecule has 4 rings (SSSR count). The molecular formula is C24H27N7O2. The van der Waals surface area contributed by atoms with Gasteiger partial charge >= 0.3 is 0 Å². The number of nitrogens with one attached hydrogen (secondary N) is 1. The molecule has 9 nitrogen and oxygen atoms in total.